The second kappa shape index (κ2) is 6.18. The van der Waals surface area contributed by atoms with E-state index >= 15 is 0 Å². The predicted octanol–water partition coefficient (Wildman–Crippen LogP) is 1.87. The Morgan fingerprint density at radius 2 is 1.72 bits per heavy atom. The first-order valence-corrected chi connectivity index (χ1v) is 8.27. The first-order chi connectivity index (χ1) is 12.1. The highest BCUT2D eigenvalue weighted by Gasteiger charge is 2.31. The molecule has 1 saturated heterocycles. The minimum Gasteiger partial charge on any atom is -0.389 e. The maximum Gasteiger partial charge on any atom is 0.259 e. The molecule has 1 aliphatic rings. The number of aliphatic hydroxyl groups is 1. The number of nitrogens with zero attached hydrogens (tertiary/aromatic N) is 2. The van der Waals surface area contributed by atoms with Gasteiger partial charge in [0.2, 0.25) is 5.43 Å². The molecular formula is C20H18N2O3. The van der Waals surface area contributed by atoms with E-state index in [9.17, 15) is 14.7 Å². The Bertz CT molecular complexity index is 989. The number of benzene rings is 2. The molecule has 0 aliphatic carbocycles. The molecule has 25 heavy (non-hydrogen) atoms. The summed E-state index contributed by atoms with van der Waals surface area (Å²) >= 11 is 0. The first-order valence-electron chi connectivity index (χ1n) is 8.27. The van der Waals surface area contributed by atoms with Gasteiger partial charge in [-0.3, -0.25) is 9.59 Å². The fraction of sp³-hybridized carbons (Fsp3) is 0.200. The third-order valence-electron chi connectivity index (χ3n) is 4.56. The van der Waals surface area contributed by atoms with Gasteiger partial charge in [0.1, 0.15) is 5.56 Å². The predicted molar refractivity (Wildman–Crippen MR) is 95.7 cm³/mol. The largest absolute Gasteiger partial charge is 0.389 e. The van der Waals surface area contributed by atoms with E-state index < -0.39 is 6.10 Å². The van der Waals surface area contributed by atoms with Crippen LogP contribution in [0.25, 0.3) is 10.9 Å². The molecule has 0 spiro atoms. The Balaban J connectivity index is 1.82. The lowest BCUT2D eigenvalue weighted by Crippen LogP contribution is -2.54. The van der Waals surface area contributed by atoms with Crippen molar-refractivity contribution in [2.45, 2.75) is 12.6 Å². The number of carbonyl (C=O) groups excluding carboxylic acids is 1. The number of carbonyl (C=O) groups is 1. The van der Waals surface area contributed by atoms with E-state index in [1.54, 1.807) is 18.3 Å². The number of fused-ring (bicyclic) bond motifs is 1. The highest BCUT2D eigenvalue weighted by molar-refractivity contribution is 5.97. The molecule has 0 saturated carbocycles. The van der Waals surface area contributed by atoms with Crippen molar-refractivity contribution in [1.82, 2.24) is 9.47 Å². The number of pyridine rings is 1. The molecule has 0 bridgehead atoms. The van der Waals surface area contributed by atoms with Crippen LogP contribution in [0.2, 0.25) is 0 Å². The van der Waals surface area contributed by atoms with Crippen LogP contribution >= 0.6 is 0 Å². The molecule has 1 aromatic heterocycles. The maximum absolute atomic E-state index is 12.8. The summed E-state index contributed by atoms with van der Waals surface area (Å²) in [5.41, 5.74) is 1.79. The molecule has 1 amide bonds. The van der Waals surface area contributed by atoms with Crippen LogP contribution in [0.4, 0.5) is 0 Å². The van der Waals surface area contributed by atoms with Gasteiger partial charge in [-0.05, 0) is 17.7 Å². The van der Waals surface area contributed by atoms with E-state index in [2.05, 4.69) is 0 Å². The van der Waals surface area contributed by atoms with Crippen LogP contribution in [0.5, 0.6) is 0 Å². The average Bonchev–Trinajstić information content (AvgIpc) is 2.62. The van der Waals surface area contributed by atoms with Crippen molar-refractivity contribution >= 4 is 16.8 Å². The number of rotatable bonds is 3. The monoisotopic (exact) mass is 334 g/mol. The van der Waals surface area contributed by atoms with Crippen LogP contribution in [-0.2, 0) is 6.54 Å². The summed E-state index contributed by atoms with van der Waals surface area (Å²) in [5, 5.41) is 9.96. The van der Waals surface area contributed by atoms with Gasteiger partial charge in [-0.25, -0.2) is 0 Å². The third-order valence-corrected chi connectivity index (χ3v) is 4.56. The zero-order chi connectivity index (χ0) is 17.4. The molecule has 1 N–H and O–H groups in total. The van der Waals surface area contributed by atoms with Gasteiger partial charge in [-0.1, -0.05) is 42.5 Å². The molecule has 3 aromatic rings. The lowest BCUT2D eigenvalue weighted by atomic mass is 10.1. The fourth-order valence-electron chi connectivity index (χ4n) is 3.20. The Kier molecular flexibility index (Phi) is 3.86. The van der Waals surface area contributed by atoms with E-state index in [1.807, 2.05) is 47.0 Å². The Labute approximate surface area is 144 Å². The molecule has 126 valence electrons. The molecule has 0 radical (unpaired) electrons. The average molecular weight is 334 g/mol. The minimum absolute atomic E-state index is 0.154. The van der Waals surface area contributed by atoms with Crippen LogP contribution in [0.3, 0.4) is 0 Å². The molecule has 1 aliphatic heterocycles. The normalized spacial score (nSPS) is 14.5. The maximum atomic E-state index is 12.8. The highest BCUT2D eigenvalue weighted by atomic mass is 16.3. The van der Waals surface area contributed by atoms with Crippen LogP contribution < -0.4 is 5.43 Å². The molecule has 0 atom stereocenters. The molecule has 0 unspecified atom stereocenters. The summed E-state index contributed by atoms with van der Waals surface area (Å²) < 4.78 is 1.94. The number of amides is 1. The van der Waals surface area contributed by atoms with E-state index in [1.165, 1.54) is 4.90 Å². The molecule has 1 fully saturated rings. The van der Waals surface area contributed by atoms with Gasteiger partial charge >= 0.3 is 0 Å². The van der Waals surface area contributed by atoms with Gasteiger partial charge in [-0.2, -0.15) is 0 Å². The van der Waals surface area contributed by atoms with Crippen molar-refractivity contribution in [1.29, 1.82) is 0 Å². The van der Waals surface area contributed by atoms with Crippen molar-refractivity contribution in [3.63, 3.8) is 0 Å². The fourth-order valence-corrected chi connectivity index (χ4v) is 3.20. The Hall–Kier alpha value is -2.92. The second-order valence-electron chi connectivity index (χ2n) is 6.37. The number of hydrogen-bond acceptors (Lipinski definition) is 3. The molecular weight excluding hydrogens is 316 g/mol. The summed E-state index contributed by atoms with van der Waals surface area (Å²) in [7, 11) is 0. The zero-order valence-electron chi connectivity index (χ0n) is 13.6. The molecule has 5 nitrogen and oxygen atoms in total. The first kappa shape index (κ1) is 15.6. The SMILES string of the molecule is O=C(c1cn(Cc2ccccc2)c2ccccc2c1=O)N1CC(O)C1. The zero-order valence-corrected chi connectivity index (χ0v) is 13.6. The van der Waals surface area contributed by atoms with Crippen LogP contribution in [-0.4, -0.2) is 39.7 Å². The highest BCUT2D eigenvalue weighted by Crippen LogP contribution is 2.17. The lowest BCUT2D eigenvalue weighted by molar-refractivity contribution is 0.00577. The summed E-state index contributed by atoms with van der Waals surface area (Å²) in [6, 6.07) is 17.2. The summed E-state index contributed by atoms with van der Waals surface area (Å²) in [4.78, 5) is 26.9. The molecule has 5 heteroatoms. The molecule has 2 heterocycles. The molecule has 4 rings (SSSR count). The van der Waals surface area contributed by atoms with Crippen molar-refractivity contribution in [3.8, 4) is 0 Å². The van der Waals surface area contributed by atoms with E-state index in [4.69, 9.17) is 0 Å². The van der Waals surface area contributed by atoms with E-state index in [0.29, 0.717) is 11.9 Å². The van der Waals surface area contributed by atoms with Gasteiger partial charge in [0, 0.05) is 31.2 Å². The third kappa shape index (κ3) is 2.83. The van der Waals surface area contributed by atoms with Gasteiger partial charge < -0.3 is 14.6 Å². The van der Waals surface area contributed by atoms with Crippen molar-refractivity contribution in [3.05, 3.63) is 82.1 Å². The summed E-state index contributed by atoms with van der Waals surface area (Å²) in [6.45, 7) is 1.14. The number of aliphatic hydroxyl groups excluding tert-OH is 1. The van der Waals surface area contributed by atoms with Gasteiger partial charge in [0.05, 0.1) is 11.6 Å². The quantitative estimate of drug-likeness (QED) is 0.795. The molecule has 2 aromatic carbocycles. The number of hydrogen-bond donors (Lipinski definition) is 1. The summed E-state index contributed by atoms with van der Waals surface area (Å²) in [5.74, 6) is -0.317. The Morgan fingerprint density at radius 3 is 2.44 bits per heavy atom. The Morgan fingerprint density at radius 1 is 1.04 bits per heavy atom. The topological polar surface area (TPSA) is 62.5 Å². The number of aromatic nitrogens is 1. The van der Waals surface area contributed by atoms with Crippen LogP contribution in [0, 0.1) is 0 Å². The lowest BCUT2D eigenvalue weighted by Gasteiger charge is -2.35. The smallest absolute Gasteiger partial charge is 0.259 e. The minimum atomic E-state index is -0.490. The van der Waals surface area contributed by atoms with Gasteiger partial charge in [0.25, 0.3) is 5.91 Å². The summed E-state index contributed by atoms with van der Waals surface area (Å²) in [6.07, 6.45) is 1.15. The standard InChI is InChI=1S/C20H18N2O3/c23-15-11-22(12-15)20(25)17-13-21(10-14-6-2-1-3-7-14)18-9-5-4-8-16(18)19(17)24/h1-9,13,15,23H,10-12H2. The number of β-amino-alcohol motifs (C(OH)–C–C–N with tert-alkyl or cyclic N) is 1. The van der Waals surface area contributed by atoms with Crippen molar-refractivity contribution in [2.24, 2.45) is 0 Å². The van der Waals surface area contributed by atoms with Crippen molar-refractivity contribution < 1.29 is 9.90 Å². The van der Waals surface area contributed by atoms with Gasteiger partial charge in [-0.15, -0.1) is 0 Å². The van der Waals surface area contributed by atoms with Crippen LogP contribution in [0.15, 0.2) is 65.6 Å². The van der Waals surface area contributed by atoms with Crippen molar-refractivity contribution in [2.75, 3.05) is 13.1 Å². The number of para-hydroxylation sites is 1. The number of likely N-dealkylation sites (tertiary alicyclic amines) is 1. The van der Waals surface area contributed by atoms with E-state index in [-0.39, 0.29) is 30.0 Å². The van der Waals surface area contributed by atoms with E-state index in [0.717, 1.165) is 11.1 Å². The van der Waals surface area contributed by atoms with Crippen LogP contribution in [0.1, 0.15) is 15.9 Å². The second-order valence-corrected chi connectivity index (χ2v) is 6.37. The van der Waals surface area contributed by atoms with Gasteiger partial charge in [0.15, 0.2) is 0 Å².